The molecule has 0 spiro atoms. The summed E-state index contributed by atoms with van der Waals surface area (Å²) in [6.07, 6.45) is 5.74. The van der Waals surface area contributed by atoms with E-state index in [2.05, 4.69) is 110 Å². The average molecular weight is 772 g/mol. The first-order chi connectivity index (χ1) is 22.0. The van der Waals surface area contributed by atoms with Crippen LogP contribution in [0, 0.1) is 20.7 Å². The highest BCUT2D eigenvalue weighted by molar-refractivity contribution is 14.1. The van der Waals surface area contributed by atoms with Gasteiger partial charge < -0.3 is 16.1 Å². The van der Waals surface area contributed by atoms with E-state index >= 15 is 0 Å². The van der Waals surface area contributed by atoms with E-state index in [1.54, 1.807) is 6.07 Å². The lowest BCUT2D eigenvalue weighted by Crippen LogP contribution is -2.52. The number of anilines is 3. The van der Waals surface area contributed by atoms with Gasteiger partial charge in [-0.3, -0.25) is 14.9 Å². The van der Waals surface area contributed by atoms with Crippen LogP contribution in [0.4, 0.5) is 21.5 Å². The van der Waals surface area contributed by atoms with Gasteiger partial charge in [-0.15, -0.1) is 5.53 Å². The third kappa shape index (κ3) is 6.99. The molecule has 3 aromatic carbocycles. The molecule has 0 radical (unpaired) electrons. The van der Waals surface area contributed by atoms with Crippen molar-refractivity contribution in [2.45, 2.75) is 51.2 Å². The number of hydrogen-bond acceptors (Lipinski definition) is 8. The lowest BCUT2D eigenvalue weighted by molar-refractivity contribution is 0.0570. The number of benzene rings is 3. The van der Waals surface area contributed by atoms with Gasteiger partial charge in [0.2, 0.25) is 0 Å². The molecule has 8 nitrogen and oxygen atoms in total. The number of fused-ring (bicyclic) bond motifs is 1. The SMILES string of the molecule is CC(C)(C)N1CCC(N2C=C([C@@H](Nc3cc(Cl)c4ncc(C#N)c(Nc5ccc(F)c(Cl)c5)c4c3)c3cccc(I)c3)NN2)CC1. The average Bonchev–Trinajstić information content (AvgIpc) is 3.52. The fourth-order valence-corrected chi connectivity index (χ4v) is 6.99. The summed E-state index contributed by atoms with van der Waals surface area (Å²) in [5.74, 6) is -0.526. The van der Waals surface area contributed by atoms with Crippen LogP contribution in [0.2, 0.25) is 10.0 Å². The molecule has 0 unspecified atom stereocenters. The Kier molecular flexibility index (Phi) is 9.50. The van der Waals surface area contributed by atoms with E-state index in [9.17, 15) is 9.65 Å². The van der Waals surface area contributed by atoms with Crippen LogP contribution >= 0.6 is 45.8 Å². The summed E-state index contributed by atoms with van der Waals surface area (Å²) in [4.78, 5) is 7.02. The first-order valence-electron chi connectivity index (χ1n) is 15.0. The van der Waals surface area contributed by atoms with Crippen LogP contribution in [-0.2, 0) is 0 Å². The summed E-state index contributed by atoms with van der Waals surface area (Å²) >= 11 is 15.2. The van der Waals surface area contributed by atoms with Crippen LogP contribution in [0.1, 0.15) is 50.8 Å². The third-order valence-electron chi connectivity index (χ3n) is 8.45. The quantitative estimate of drug-likeness (QED) is 0.139. The maximum atomic E-state index is 13.9. The summed E-state index contributed by atoms with van der Waals surface area (Å²) in [6.45, 7) is 8.90. The Bertz CT molecular complexity index is 1850. The molecular weight excluding hydrogens is 737 g/mol. The van der Waals surface area contributed by atoms with Gasteiger partial charge in [0.05, 0.1) is 38.6 Å². The highest BCUT2D eigenvalue weighted by Crippen LogP contribution is 2.38. The molecule has 0 aliphatic carbocycles. The van der Waals surface area contributed by atoms with E-state index in [0.29, 0.717) is 38.9 Å². The Morgan fingerprint density at radius 2 is 1.83 bits per heavy atom. The molecule has 3 heterocycles. The Morgan fingerprint density at radius 1 is 1.07 bits per heavy atom. The van der Waals surface area contributed by atoms with Gasteiger partial charge >= 0.3 is 0 Å². The minimum Gasteiger partial charge on any atom is -0.373 e. The number of pyridine rings is 1. The van der Waals surface area contributed by atoms with E-state index in [4.69, 9.17) is 23.2 Å². The number of halogens is 4. The van der Waals surface area contributed by atoms with Gasteiger partial charge in [-0.25, -0.2) is 4.39 Å². The molecule has 4 aromatic rings. The van der Waals surface area contributed by atoms with Crippen molar-refractivity contribution in [2.24, 2.45) is 0 Å². The molecule has 6 rings (SSSR count). The standard InChI is InChI=1S/C34H34Cl2FIN8/c1-34(2,3)45-11-9-25(10-12-45)46-19-30(43-44-46)32(20-5-4-6-22(38)13-20)42-24-14-26-31(41-23-7-8-29(37)27(35)15-23)21(17-39)18-40-33(26)28(36)16-24/h4-8,13-16,18-19,25,32,42-44H,9-12H2,1-3H3,(H,40,41)/t32-/m0/s1. The smallest absolute Gasteiger partial charge is 0.141 e. The van der Waals surface area contributed by atoms with Crippen LogP contribution in [0.5, 0.6) is 0 Å². The van der Waals surface area contributed by atoms with E-state index < -0.39 is 5.82 Å². The Labute approximate surface area is 292 Å². The van der Waals surface area contributed by atoms with Crippen molar-refractivity contribution in [3.63, 3.8) is 0 Å². The molecule has 0 amide bonds. The number of nitriles is 1. The lowest BCUT2D eigenvalue weighted by Gasteiger charge is -2.42. The number of aromatic nitrogens is 1. The highest BCUT2D eigenvalue weighted by Gasteiger charge is 2.32. The van der Waals surface area contributed by atoms with E-state index in [-0.39, 0.29) is 16.6 Å². The largest absolute Gasteiger partial charge is 0.373 e. The van der Waals surface area contributed by atoms with Crippen LogP contribution in [-0.4, -0.2) is 39.6 Å². The minimum absolute atomic E-state index is 0.0256. The molecule has 1 fully saturated rings. The molecule has 4 N–H and O–H groups in total. The Morgan fingerprint density at radius 3 is 2.52 bits per heavy atom. The zero-order chi connectivity index (χ0) is 32.6. The molecule has 12 heteroatoms. The molecule has 46 heavy (non-hydrogen) atoms. The zero-order valence-electron chi connectivity index (χ0n) is 25.6. The molecule has 2 aliphatic rings. The van der Waals surface area contributed by atoms with Gasteiger partial charge in [-0.1, -0.05) is 35.3 Å². The lowest BCUT2D eigenvalue weighted by atomic mass is 9.98. The van der Waals surface area contributed by atoms with Crippen LogP contribution < -0.4 is 21.6 Å². The van der Waals surface area contributed by atoms with Crippen molar-refractivity contribution in [3.8, 4) is 6.07 Å². The molecule has 1 atom stereocenters. The molecule has 2 aliphatic heterocycles. The third-order valence-corrected chi connectivity index (χ3v) is 9.70. The zero-order valence-corrected chi connectivity index (χ0v) is 29.3. The van der Waals surface area contributed by atoms with Gasteiger partial charge in [0, 0.05) is 57.4 Å². The summed E-state index contributed by atoms with van der Waals surface area (Å²) in [6, 6.07) is 18.7. The van der Waals surface area contributed by atoms with Gasteiger partial charge in [0.15, 0.2) is 0 Å². The van der Waals surface area contributed by atoms with Crippen LogP contribution in [0.25, 0.3) is 10.9 Å². The fourth-order valence-electron chi connectivity index (χ4n) is 5.98. The van der Waals surface area contributed by atoms with Crippen molar-refractivity contribution in [1.29, 1.82) is 5.26 Å². The second-order valence-electron chi connectivity index (χ2n) is 12.5. The molecule has 0 bridgehead atoms. The van der Waals surface area contributed by atoms with Gasteiger partial charge in [-0.2, -0.15) is 5.26 Å². The van der Waals surface area contributed by atoms with Crippen LogP contribution in [0.3, 0.4) is 0 Å². The number of likely N-dealkylation sites (tertiary alicyclic amines) is 1. The molecule has 1 saturated heterocycles. The number of piperidine rings is 1. The number of hydrazine groups is 2. The number of rotatable bonds is 7. The number of hydrogen-bond donors (Lipinski definition) is 4. The summed E-state index contributed by atoms with van der Waals surface area (Å²) < 4.78 is 15.0. The van der Waals surface area contributed by atoms with Crippen molar-refractivity contribution in [3.05, 3.63) is 103 Å². The number of nitrogens with zero attached hydrogens (tertiary/aromatic N) is 4. The van der Waals surface area contributed by atoms with Crippen molar-refractivity contribution >= 4 is 73.8 Å². The summed E-state index contributed by atoms with van der Waals surface area (Å²) in [5, 5.41) is 20.1. The van der Waals surface area contributed by atoms with Crippen molar-refractivity contribution in [1.82, 2.24) is 25.9 Å². The second-order valence-corrected chi connectivity index (χ2v) is 14.6. The second kappa shape index (κ2) is 13.4. The fraction of sp³-hybridized carbons (Fsp3) is 0.294. The normalized spacial score (nSPS) is 16.6. The monoisotopic (exact) mass is 770 g/mol. The molecule has 238 valence electrons. The van der Waals surface area contributed by atoms with E-state index in [1.165, 1.54) is 18.3 Å². The molecular formula is C34H34Cl2FIN8. The predicted octanol–water partition coefficient (Wildman–Crippen LogP) is 8.48. The first kappa shape index (κ1) is 32.6. The maximum absolute atomic E-state index is 13.9. The Hall–Kier alpha value is -3.34. The molecule has 1 aromatic heterocycles. The van der Waals surface area contributed by atoms with Gasteiger partial charge in [-0.05, 0) is 104 Å². The van der Waals surface area contributed by atoms with Gasteiger partial charge in [0.25, 0.3) is 0 Å². The van der Waals surface area contributed by atoms with Crippen molar-refractivity contribution < 1.29 is 4.39 Å². The Balaban J connectivity index is 1.34. The molecule has 0 saturated carbocycles. The van der Waals surface area contributed by atoms with E-state index in [1.807, 2.05) is 18.2 Å². The van der Waals surface area contributed by atoms with Gasteiger partial charge in [0.1, 0.15) is 11.9 Å². The minimum atomic E-state index is -0.526. The maximum Gasteiger partial charge on any atom is 0.141 e. The summed E-state index contributed by atoms with van der Waals surface area (Å²) in [7, 11) is 0. The first-order valence-corrected chi connectivity index (χ1v) is 16.9. The number of nitrogens with one attached hydrogen (secondary N) is 4. The highest BCUT2D eigenvalue weighted by atomic mass is 127. The topological polar surface area (TPSA) is 91.3 Å². The van der Waals surface area contributed by atoms with Crippen LogP contribution in [0.15, 0.2) is 72.7 Å². The van der Waals surface area contributed by atoms with Crippen molar-refractivity contribution in [2.75, 3.05) is 23.7 Å². The predicted molar refractivity (Wildman–Crippen MR) is 192 cm³/mol. The summed E-state index contributed by atoms with van der Waals surface area (Å²) in [5.41, 5.74) is 11.6. The van der Waals surface area contributed by atoms with E-state index in [0.717, 1.165) is 46.4 Å².